The van der Waals surface area contributed by atoms with Crippen molar-refractivity contribution in [1.29, 1.82) is 0 Å². The fourth-order valence-corrected chi connectivity index (χ4v) is 3.64. The van der Waals surface area contributed by atoms with Crippen molar-refractivity contribution in [3.63, 3.8) is 0 Å². The topological polar surface area (TPSA) is 54.8 Å². The van der Waals surface area contributed by atoms with E-state index in [0.717, 1.165) is 6.07 Å². The zero-order chi connectivity index (χ0) is 20.3. The molecule has 1 aliphatic rings. The average Bonchev–Trinajstić information content (AvgIpc) is 2.72. The lowest BCUT2D eigenvalue weighted by Crippen LogP contribution is -2.35. The molecule has 2 heterocycles. The molecule has 28 heavy (non-hydrogen) atoms. The maximum absolute atomic E-state index is 13.0. The van der Waals surface area contributed by atoms with Crippen molar-refractivity contribution < 1.29 is 27.8 Å². The minimum absolute atomic E-state index is 0.0192. The van der Waals surface area contributed by atoms with Gasteiger partial charge in [-0.05, 0) is 37.0 Å². The minimum atomic E-state index is -4.45. The Kier molecular flexibility index (Phi) is 5.98. The zero-order valence-electron chi connectivity index (χ0n) is 15.7. The lowest BCUT2D eigenvalue weighted by molar-refractivity contribution is -0.138. The maximum atomic E-state index is 13.0. The van der Waals surface area contributed by atoms with E-state index in [0.29, 0.717) is 42.9 Å². The smallest absolute Gasteiger partial charge is 0.419 e. The van der Waals surface area contributed by atoms with Gasteiger partial charge in [0.25, 0.3) is 0 Å². The molecule has 1 aliphatic heterocycles. The lowest BCUT2D eigenvalue weighted by atomic mass is 9.87. The van der Waals surface area contributed by atoms with E-state index in [9.17, 15) is 18.3 Å². The number of methoxy groups -OCH3 is 2. The van der Waals surface area contributed by atoms with Gasteiger partial charge in [-0.1, -0.05) is 0 Å². The van der Waals surface area contributed by atoms with Crippen LogP contribution in [0.1, 0.15) is 30.1 Å². The number of alkyl halides is 3. The first-order valence-electron chi connectivity index (χ1n) is 9.01. The summed E-state index contributed by atoms with van der Waals surface area (Å²) in [7, 11) is 2.78. The van der Waals surface area contributed by atoms with Gasteiger partial charge in [0.15, 0.2) is 0 Å². The molecule has 0 saturated carbocycles. The number of piperidine rings is 1. The van der Waals surface area contributed by atoms with E-state index < -0.39 is 17.8 Å². The normalized spacial score (nSPS) is 16.7. The summed E-state index contributed by atoms with van der Waals surface area (Å²) in [6, 6.07) is 5.65. The van der Waals surface area contributed by atoms with Crippen LogP contribution in [-0.2, 0) is 6.18 Å². The highest BCUT2D eigenvalue weighted by Gasteiger charge is 2.35. The molecule has 1 aromatic heterocycles. The number of hydrogen-bond donors (Lipinski definition) is 1. The number of benzene rings is 1. The van der Waals surface area contributed by atoms with Crippen molar-refractivity contribution in [2.45, 2.75) is 25.1 Å². The predicted molar refractivity (Wildman–Crippen MR) is 98.7 cm³/mol. The van der Waals surface area contributed by atoms with E-state index in [1.807, 2.05) is 4.90 Å². The number of aliphatic hydroxyl groups is 1. The van der Waals surface area contributed by atoms with E-state index in [2.05, 4.69) is 4.98 Å². The van der Waals surface area contributed by atoms with E-state index in [4.69, 9.17) is 9.47 Å². The number of anilines is 1. The third-order valence-corrected chi connectivity index (χ3v) is 5.19. The van der Waals surface area contributed by atoms with Crippen LogP contribution >= 0.6 is 0 Å². The quantitative estimate of drug-likeness (QED) is 0.826. The molecule has 1 N–H and O–H groups in total. The molecular weight excluding hydrogens is 373 g/mol. The Labute approximate surface area is 161 Å². The molecule has 1 aromatic carbocycles. The first kappa shape index (κ1) is 20.3. The van der Waals surface area contributed by atoms with Crippen molar-refractivity contribution in [2.75, 3.05) is 32.2 Å². The van der Waals surface area contributed by atoms with E-state index in [1.165, 1.54) is 19.2 Å². The van der Waals surface area contributed by atoms with Crippen molar-refractivity contribution >= 4 is 5.69 Å². The summed E-state index contributed by atoms with van der Waals surface area (Å²) in [6.45, 7) is 1.25. The molecule has 0 spiro atoms. The molecule has 0 aliphatic carbocycles. The van der Waals surface area contributed by atoms with Crippen LogP contribution in [0.5, 0.6) is 11.5 Å². The number of halogens is 3. The summed E-state index contributed by atoms with van der Waals surface area (Å²) in [4.78, 5) is 6.07. The molecule has 0 amide bonds. The Morgan fingerprint density at radius 2 is 1.79 bits per heavy atom. The summed E-state index contributed by atoms with van der Waals surface area (Å²) < 4.78 is 49.3. The molecule has 5 nitrogen and oxygen atoms in total. The number of nitrogens with zero attached hydrogens (tertiary/aromatic N) is 2. The molecule has 1 saturated heterocycles. The Morgan fingerprint density at radius 3 is 2.39 bits per heavy atom. The fraction of sp³-hybridized carbons (Fsp3) is 0.450. The molecule has 3 rings (SSSR count). The standard InChI is InChI=1S/C20H23F3N2O3/c1-27-17-5-8-24-12-15(17)19(26)13-6-9-25(10-7-13)14-3-4-16(20(21,22)23)18(11-14)28-2/h3-5,8,11-13,19,26H,6-7,9-10H2,1-2H3. The molecule has 1 unspecified atom stereocenters. The first-order valence-corrected chi connectivity index (χ1v) is 9.01. The van der Waals surface area contributed by atoms with Crippen LogP contribution in [0.2, 0.25) is 0 Å². The molecule has 2 aromatic rings. The van der Waals surface area contributed by atoms with Gasteiger partial charge in [0.2, 0.25) is 0 Å². The Bertz CT molecular complexity index is 806. The number of rotatable bonds is 5. The first-order chi connectivity index (χ1) is 13.3. The highest BCUT2D eigenvalue weighted by atomic mass is 19.4. The monoisotopic (exact) mass is 396 g/mol. The van der Waals surface area contributed by atoms with Crippen LogP contribution < -0.4 is 14.4 Å². The predicted octanol–water partition coefficient (Wildman–Crippen LogP) is 4.07. The summed E-state index contributed by atoms with van der Waals surface area (Å²) in [6.07, 6.45) is -0.547. The summed E-state index contributed by atoms with van der Waals surface area (Å²) in [5.74, 6) is 0.426. The Morgan fingerprint density at radius 1 is 1.11 bits per heavy atom. The molecule has 1 atom stereocenters. The molecule has 0 bridgehead atoms. The minimum Gasteiger partial charge on any atom is -0.496 e. The van der Waals surface area contributed by atoms with E-state index in [1.54, 1.807) is 25.6 Å². The highest BCUT2D eigenvalue weighted by Crippen LogP contribution is 2.40. The Hall–Kier alpha value is -2.48. The number of pyridine rings is 1. The van der Waals surface area contributed by atoms with Crippen LogP contribution in [-0.4, -0.2) is 37.4 Å². The van der Waals surface area contributed by atoms with Gasteiger partial charge < -0.3 is 19.5 Å². The molecule has 0 radical (unpaired) electrons. The molecular formula is C20H23F3N2O3. The molecule has 8 heteroatoms. The molecule has 152 valence electrons. The van der Waals surface area contributed by atoms with Gasteiger partial charge in [0.1, 0.15) is 11.5 Å². The number of aromatic nitrogens is 1. The van der Waals surface area contributed by atoms with Gasteiger partial charge in [-0.25, -0.2) is 0 Å². The summed E-state index contributed by atoms with van der Waals surface area (Å²) in [5, 5.41) is 10.7. The number of aliphatic hydroxyl groups excluding tert-OH is 1. The average molecular weight is 396 g/mol. The van der Waals surface area contributed by atoms with Gasteiger partial charge in [0, 0.05) is 42.8 Å². The van der Waals surface area contributed by atoms with Crippen molar-refractivity contribution in [3.8, 4) is 11.5 Å². The Balaban J connectivity index is 1.70. The lowest BCUT2D eigenvalue weighted by Gasteiger charge is -2.36. The summed E-state index contributed by atoms with van der Waals surface area (Å²) in [5.41, 5.74) is 0.545. The number of hydrogen-bond acceptors (Lipinski definition) is 5. The second-order valence-corrected chi connectivity index (χ2v) is 6.77. The number of ether oxygens (including phenoxy) is 2. The maximum Gasteiger partial charge on any atom is 0.419 e. The fourth-order valence-electron chi connectivity index (χ4n) is 3.64. The third kappa shape index (κ3) is 4.16. The van der Waals surface area contributed by atoms with E-state index in [-0.39, 0.29) is 11.7 Å². The van der Waals surface area contributed by atoms with Crippen LogP contribution in [0.15, 0.2) is 36.7 Å². The van der Waals surface area contributed by atoms with Crippen LogP contribution in [0, 0.1) is 5.92 Å². The van der Waals surface area contributed by atoms with Crippen LogP contribution in [0.3, 0.4) is 0 Å². The van der Waals surface area contributed by atoms with Gasteiger partial charge in [-0.2, -0.15) is 13.2 Å². The second kappa shape index (κ2) is 8.26. The summed E-state index contributed by atoms with van der Waals surface area (Å²) >= 11 is 0. The largest absolute Gasteiger partial charge is 0.496 e. The zero-order valence-corrected chi connectivity index (χ0v) is 15.7. The van der Waals surface area contributed by atoms with Crippen molar-refractivity contribution in [1.82, 2.24) is 4.98 Å². The van der Waals surface area contributed by atoms with Crippen molar-refractivity contribution in [2.24, 2.45) is 5.92 Å². The van der Waals surface area contributed by atoms with Crippen molar-refractivity contribution in [3.05, 3.63) is 47.8 Å². The highest BCUT2D eigenvalue weighted by molar-refractivity contribution is 5.55. The SMILES string of the molecule is COc1ccncc1C(O)C1CCN(c2ccc(C(F)(F)F)c(OC)c2)CC1. The van der Waals surface area contributed by atoms with E-state index >= 15 is 0 Å². The van der Waals surface area contributed by atoms with Gasteiger partial charge in [-0.3, -0.25) is 4.98 Å². The third-order valence-electron chi connectivity index (χ3n) is 5.19. The van der Waals surface area contributed by atoms with Gasteiger partial charge in [-0.15, -0.1) is 0 Å². The second-order valence-electron chi connectivity index (χ2n) is 6.77. The van der Waals surface area contributed by atoms with Gasteiger partial charge >= 0.3 is 6.18 Å². The van der Waals surface area contributed by atoms with Gasteiger partial charge in [0.05, 0.1) is 25.9 Å². The van der Waals surface area contributed by atoms with Crippen LogP contribution in [0.4, 0.5) is 18.9 Å². The van der Waals surface area contributed by atoms with Crippen LogP contribution in [0.25, 0.3) is 0 Å². The molecule has 1 fully saturated rings.